The summed E-state index contributed by atoms with van der Waals surface area (Å²) in [6.07, 6.45) is 5.96. The molecule has 2 heterocycles. The van der Waals surface area contributed by atoms with E-state index in [1.54, 1.807) is 12.4 Å². The fourth-order valence-corrected chi connectivity index (χ4v) is 2.76. The summed E-state index contributed by atoms with van der Waals surface area (Å²) >= 11 is 3.47. The lowest BCUT2D eigenvalue weighted by molar-refractivity contribution is 0.171. The Balaban J connectivity index is 1.55. The van der Waals surface area contributed by atoms with E-state index in [2.05, 4.69) is 50.1 Å². The predicted molar refractivity (Wildman–Crippen MR) is 84.2 cm³/mol. The van der Waals surface area contributed by atoms with E-state index in [4.69, 9.17) is 4.74 Å². The number of ether oxygens (including phenoxy) is 1. The minimum absolute atomic E-state index is 0.309. The summed E-state index contributed by atoms with van der Waals surface area (Å²) in [4.78, 5) is 6.42. The standard InChI is InChI=1S/C16H17BrN2O/c17-13-1-3-14(4-2-13)19-11-7-16(8-12-19)20-15-5-9-18-10-6-15/h1-6,9-10,16H,7-8,11-12H2. The first-order valence-corrected chi connectivity index (χ1v) is 7.68. The molecule has 0 amide bonds. The van der Waals surface area contributed by atoms with Crippen molar-refractivity contribution in [3.63, 3.8) is 0 Å². The average molecular weight is 333 g/mol. The van der Waals surface area contributed by atoms with Gasteiger partial charge in [-0.05, 0) is 36.4 Å². The molecule has 1 aliphatic rings. The van der Waals surface area contributed by atoms with Gasteiger partial charge in [-0.3, -0.25) is 4.98 Å². The van der Waals surface area contributed by atoms with E-state index in [1.807, 2.05) is 12.1 Å². The predicted octanol–water partition coefficient (Wildman–Crippen LogP) is 3.89. The number of anilines is 1. The zero-order valence-electron chi connectivity index (χ0n) is 11.2. The summed E-state index contributed by atoms with van der Waals surface area (Å²) in [5.41, 5.74) is 1.29. The number of benzene rings is 1. The molecule has 4 heteroatoms. The third kappa shape index (κ3) is 3.31. The molecule has 0 N–H and O–H groups in total. The Morgan fingerprint density at radius 1 is 1.00 bits per heavy atom. The zero-order valence-corrected chi connectivity index (χ0v) is 12.8. The second-order valence-electron chi connectivity index (χ2n) is 4.96. The number of hydrogen-bond acceptors (Lipinski definition) is 3. The molecule has 0 spiro atoms. The third-order valence-electron chi connectivity index (χ3n) is 3.59. The van der Waals surface area contributed by atoms with Crippen molar-refractivity contribution >= 4 is 21.6 Å². The third-order valence-corrected chi connectivity index (χ3v) is 4.11. The summed E-state index contributed by atoms with van der Waals surface area (Å²) < 4.78 is 7.11. The average Bonchev–Trinajstić information content (AvgIpc) is 2.50. The molecule has 0 radical (unpaired) electrons. The maximum Gasteiger partial charge on any atom is 0.122 e. The summed E-state index contributed by atoms with van der Waals surface area (Å²) in [6.45, 7) is 2.08. The molecule has 20 heavy (non-hydrogen) atoms. The summed E-state index contributed by atoms with van der Waals surface area (Å²) in [5, 5.41) is 0. The van der Waals surface area contributed by atoms with Crippen LogP contribution in [0.1, 0.15) is 12.8 Å². The van der Waals surface area contributed by atoms with Crippen LogP contribution in [0.3, 0.4) is 0 Å². The molecular formula is C16H17BrN2O. The van der Waals surface area contributed by atoms with Crippen molar-refractivity contribution in [2.45, 2.75) is 18.9 Å². The summed E-state index contributed by atoms with van der Waals surface area (Å²) in [6, 6.07) is 12.3. The maximum atomic E-state index is 5.98. The molecule has 2 aromatic rings. The van der Waals surface area contributed by atoms with Crippen molar-refractivity contribution in [1.29, 1.82) is 0 Å². The molecule has 0 unspecified atom stereocenters. The van der Waals surface area contributed by atoms with Gasteiger partial charge in [-0.1, -0.05) is 15.9 Å². The van der Waals surface area contributed by atoms with Crippen LogP contribution in [-0.2, 0) is 0 Å². The van der Waals surface area contributed by atoms with Crippen LogP contribution in [0.5, 0.6) is 5.75 Å². The van der Waals surface area contributed by atoms with Gasteiger partial charge in [-0.25, -0.2) is 0 Å². The molecular weight excluding hydrogens is 316 g/mol. The van der Waals surface area contributed by atoms with Gasteiger partial charge < -0.3 is 9.64 Å². The second kappa shape index (κ2) is 6.27. The number of halogens is 1. The number of rotatable bonds is 3. The Morgan fingerprint density at radius 2 is 1.65 bits per heavy atom. The lowest BCUT2D eigenvalue weighted by atomic mass is 10.1. The molecule has 1 aliphatic heterocycles. The molecule has 0 saturated carbocycles. The largest absolute Gasteiger partial charge is 0.490 e. The van der Waals surface area contributed by atoms with Gasteiger partial charge >= 0.3 is 0 Å². The van der Waals surface area contributed by atoms with E-state index in [1.165, 1.54) is 5.69 Å². The Labute approximate surface area is 127 Å². The molecule has 1 fully saturated rings. The Hall–Kier alpha value is -1.55. The van der Waals surface area contributed by atoms with Crippen molar-refractivity contribution < 1.29 is 4.74 Å². The highest BCUT2D eigenvalue weighted by Gasteiger charge is 2.20. The van der Waals surface area contributed by atoms with Crippen molar-refractivity contribution in [1.82, 2.24) is 4.98 Å². The maximum absolute atomic E-state index is 5.98. The van der Waals surface area contributed by atoms with Gasteiger partial charge in [-0.2, -0.15) is 0 Å². The van der Waals surface area contributed by atoms with E-state index in [-0.39, 0.29) is 0 Å². The van der Waals surface area contributed by atoms with Crippen molar-refractivity contribution in [3.8, 4) is 5.75 Å². The van der Waals surface area contributed by atoms with Gasteiger partial charge in [0.15, 0.2) is 0 Å². The Kier molecular flexibility index (Phi) is 4.21. The molecule has 104 valence electrons. The van der Waals surface area contributed by atoms with E-state index in [9.17, 15) is 0 Å². The molecule has 0 bridgehead atoms. The lowest BCUT2D eigenvalue weighted by Gasteiger charge is -2.33. The van der Waals surface area contributed by atoms with Crippen LogP contribution in [0.2, 0.25) is 0 Å². The van der Waals surface area contributed by atoms with Crippen LogP contribution in [-0.4, -0.2) is 24.2 Å². The molecule has 3 rings (SSSR count). The zero-order chi connectivity index (χ0) is 13.8. The van der Waals surface area contributed by atoms with Crippen LogP contribution >= 0.6 is 15.9 Å². The summed E-state index contributed by atoms with van der Waals surface area (Å²) in [5.74, 6) is 0.919. The summed E-state index contributed by atoms with van der Waals surface area (Å²) in [7, 11) is 0. The number of aromatic nitrogens is 1. The molecule has 3 nitrogen and oxygen atoms in total. The van der Waals surface area contributed by atoms with Gasteiger partial charge in [0.2, 0.25) is 0 Å². The van der Waals surface area contributed by atoms with E-state index < -0.39 is 0 Å². The van der Waals surface area contributed by atoms with E-state index in [0.29, 0.717) is 6.10 Å². The Morgan fingerprint density at radius 3 is 2.30 bits per heavy atom. The minimum Gasteiger partial charge on any atom is -0.490 e. The quantitative estimate of drug-likeness (QED) is 0.852. The number of piperidine rings is 1. The molecule has 0 atom stereocenters. The monoisotopic (exact) mass is 332 g/mol. The van der Waals surface area contributed by atoms with Crippen LogP contribution in [0.4, 0.5) is 5.69 Å². The number of pyridine rings is 1. The van der Waals surface area contributed by atoms with Crippen LogP contribution in [0.25, 0.3) is 0 Å². The fourth-order valence-electron chi connectivity index (χ4n) is 2.49. The normalized spacial score (nSPS) is 16.1. The van der Waals surface area contributed by atoms with Crippen molar-refractivity contribution in [2.75, 3.05) is 18.0 Å². The molecule has 1 aromatic carbocycles. The SMILES string of the molecule is Brc1ccc(N2CCC(Oc3ccncc3)CC2)cc1. The highest BCUT2D eigenvalue weighted by atomic mass is 79.9. The lowest BCUT2D eigenvalue weighted by Crippen LogP contribution is -2.38. The molecule has 1 aromatic heterocycles. The van der Waals surface area contributed by atoms with E-state index >= 15 is 0 Å². The first kappa shape index (κ1) is 13.4. The van der Waals surface area contributed by atoms with Crippen molar-refractivity contribution in [3.05, 3.63) is 53.3 Å². The fraction of sp³-hybridized carbons (Fsp3) is 0.312. The van der Waals surface area contributed by atoms with Gasteiger partial charge in [0.25, 0.3) is 0 Å². The topological polar surface area (TPSA) is 25.4 Å². The van der Waals surface area contributed by atoms with E-state index in [0.717, 1.165) is 36.2 Å². The van der Waals surface area contributed by atoms with Gasteiger partial charge in [0, 0.05) is 48.5 Å². The van der Waals surface area contributed by atoms with Crippen LogP contribution in [0, 0.1) is 0 Å². The highest BCUT2D eigenvalue weighted by Crippen LogP contribution is 2.24. The molecule has 0 aliphatic carbocycles. The Bertz CT molecular complexity index is 536. The van der Waals surface area contributed by atoms with Crippen molar-refractivity contribution in [2.24, 2.45) is 0 Å². The second-order valence-corrected chi connectivity index (χ2v) is 5.88. The van der Waals surface area contributed by atoms with Crippen LogP contribution in [0.15, 0.2) is 53.3 Å². The molecule has 1 saturated heterocycles. The highest BCUT2D eigenvalue weighted by molar-refractivity contribution is 9.10. The van der Waals surface area contributed by atoms with Gasteiger partial charge in [0.1, 0.15) is 11.9 Å². The number of hydrogen-bond donors (Lipinski definition) is 0. The van der Waals surface area contributed by atoms with Crippen LogP contribution < -0.4 is 9.64 Å². The van der Waals surface area contributed by atoms with Gasteiger partial charge in [0.05, 0.1) is 0 Å². The van der Waals surface area contributed by atoms with Gasteiger partial charge in [-0.15, -0.1) is 0 Å². The first-order chi connectivity index (χ1) is 9.81. The minimum atomic E-state index is 0.309. The first-order valence-electron chi connectivity index (χ1n) is 6.88. The smallest absolute Gasteiger partial charge is 0.122 e. The number of nitrogens with zero attached hydrogens (tertiary/aromatic N) is 2.